The van der Waals surface area contributed by atoms with Crippen LogP contribution in [0.3, 0.4) is 0 Å². The van der Waals surface area contributed by atoms with Crippen molar-refractivity contribution in [2.24, 2.45) is 4.99 Å². The molecular weight excluding hydrogens is 180 g/mol. The van der Waals surface area contributed by atoms with Crippen LogP contribution < -0.4 is 5.32 Å². The number of aryl methyl sites for hydroxylation is 1. The minimum absolute atomic E-state index is 0.222. The topological polar surface area (TPSA) is 24.4 Å². The van der Waals surface area contributed by atoms with Crippen molar-refractivity contribution in [3.8, 4) is 0 Å². The molecular formula is C10H12N2S. The van der Waals surface area contributed by atoms with E-state index >= 15 is 0 Å². The molecule has 0 spiro atoms. The summed E-state index contributed by atoms with van der Waals surface area (Å²) in [5.74, 6) is 0. The van der Waals surface area contributed by atoms with Crippen LogP contribution in [0.25, 0.3) is 0 Å². The van der Waals surface area contributed by atoms with Crippen LogP contribution in [0.2, 0.25) is 0 Å². The van der Waals surface area contributed by atoms with Gasteiger partial charge in [-0.1, -0.05) is 0 Å². The number of nitrogens with one attached hydrogen (secondary N) is 1. The van der Waals surface area contributed by atoms with Gasteiger partial charge in [-0.05, 0) is 36.4 Å². The zero-order valence-electron chi connectivity index (χ0n) is 7.74. The third-order valence-electron chi connectivity index (χ3n) is 2.28. The second-order valence-electron chi connectivity index (χ2n) is 3.16. The van der Waals surface area contributed by atoms with Crippen molar-refractivity contribution in [1.82, 2.24) is 5.32 Å². The van der Waals surface area contributed by atoms with Crippen LogP contribution in [0.5, 0.6) is 0 Å². The smallest absolute Gasteiger partial charge is 0.106 e. The highest BCUT2D eigenvalue weighted by Gasteiger charge is 2.13. The third kappa shape index (κ3) is 1.52. The highest BCUT2D eigenvalue weighted by atomic mass is 32.1. The molecule has 0 radical (unpaired) electrons. The van der Waals surface area contributed by atoms with Crippen molar-refractivity contribution in [2.45, 2.75) is 19.9 Å². The lowest BCUT2D eigenvalue weighted by Crippen LogP contribution is -2.08. The minimum atomic E-state index is 0.222. The van der Waals surface area contributed by atoms with Gasteiger partial charge in [-0.3, -0.25) is 4.99 Å². The SMILES string of the molecule is Cc1csc(C2C=CNC=N2)c1C. The predicted molar refractivity (Wildman–Crippen MR) is 57.3 cm³/mol. The summed E-state index contributed by atoms with van der Waals surface area (Å²) in [6, 6.07) is 0.222. The lowest BCUT2D eigenvalue weighted by molar-refractivity contribution is 0.895. The summed E-state index contributed by atoms with van der Waals surface area (Å²) in [6.07, 6.45) is 5.77. The quantitative estimate of drug-likeness (QED) is 0.726. The van der Waals surface area contributed by atoms with Crippen LogP contribution in [-0.4, -0.2) is 6.34 Å². The Kier molecular flexibility index (Phi) is 2.19. The Morgan fingerprint density at radius 3 is 2.85 bits per heavy atom. The molecule has 1 atom stereocenters. The Labute approximate surface area is 82.0 Å². The van der Waals surface area contributed by atoms with Crippen molar-refractivity contribution in [3.05, 3.63) is 33.7 Å². The first kappa shape index (κ1) is 8.51. The van der Waals surface area contributed by atoms with E-state index < -0.39 is 0 Å². The molecule has 2 heterocycles. The van der Waals surface area contributed by atoms with Crippen molar-refractivity contribution in [3.63, 3.8) is 0 Å². The van der Waals surface area contributed by atoms with Gasteiger partial charge in [0, 0.05) is 11.1 Å². The van der Waals surface area contributed by atoms with Gasteiger partial charge in [-0.25, -0.2) is 0 Å². The maximum Gasteiger partial charge on any atom is 0.106 e. The summed E-state index contributed by atoms with van der Waals surface area (Å²) >= 11 is 1.79. The highest BCUT2D eigenvalue weighted by molar-refractivity contribution is 7.10. The molecule has 2 rings (SSSR count). The van der Waals surface area contributed by atoms with Crippen molar-refractivity contribution in [2.75, 3.05) is 0 Å². The second-order valence-corrected chi connectivity index (χ2v) is 4.07. The maximum atomic E-state index is 4.36. The molecule has 1 unspecified atom stereocenters. The van der Waals surface area contributed by atoms with E-state index in [4.69, 9.17) is 0 Å². The number of thiophene rings is 1. The first-order chi connectivity index (χ1) is 6.29. The number of hydrogen-bond acceptors (Lipinski definition) is 3. The molecule has 1 aromatic rings. The zero-order valence-corrected chi connectivity index (χ0v) is 8.56. The van der Waals surface area contributed by atoms with Gasteiger partial charge in [0.25, 0.3) is 0 Å². The standard InChI is InChI=1S/C10H12N2S/c1-7-5-13-10(8(7)2)9-3-4-11-6-12-9/h3-6,9H,1-2H3,(H,11,12). The molecule has 1 aromatic heterocycles. The van der Waals surface area contributed by atoms with Crippen LogP contribution in [-0.2, 0) is 0 Å². The van der Waals surface area contributed by atoms with Gasteiger partial charge < -0.3 is 5.32 Å². The molecule has 1 aliphatic rings. The average molecular weight is 192 g/mol. The summed E-state index contributed by atoms with van der Waals surface area (Å²) in [5, 5.41) is 5.13. The Balaban J connectivity index is 2.34. The van der Waals surface area contributed by atoms with Crippen LogP contribution in [0, 0.1) is 13.8 Å². The Morgan fingerprint density at radius 1 is 1.46 bits per heavy atom. The minimum Gasteiger partial charge on any atom is -0.353 e. The predicted octanol–water partition coefficient (Wildman–Crippen LogP) is 2.55. The number of hydrogen-bond donors (Lipinski definition) is 1. The summed E-state index contributed by atoms with van der Waals surface area (Å²) in [6.45, 7) is 4.30. The molecule has 0 aromatic carbocycles. The molecule has 0 fully saturated rings. The summed E-state index contributed by atoms with van der Waals surface area (Å²) in [7, 11) is 0. The zero-order chi connectivity index (χ0) is 9.26. The van der Waals surface area contributed by atoms with Gasteiger partial charge in [0.15, 0.2) is 0 Å². The Bertz CT molecular complexity index is 351. The number of nitrogens with zero attached hydrogens (tertiary/aromatic N) is 1. The first-order valence-corrected chi connectivity index (χ1v) is 5.16. The number of rotatable bonds is 1. The molecule has 1 N–H and O–H groups in total. The summed E-state index contributed by atoms with van der Waals surface area (Å²) < 4.78 is 0. The summed E-state index contributed by atoms with van der Waals surface area (Å²) in [5.41, 5.74) is 2.74. The van der Waals surface area contributed by atoms with E-state index in [2.05, 4.69) is 35.6 Å². The van der Waals surface area contributed by atoms with Gasteiger partial charge in [0.1, 0.15) is 6.04 Å². The van der Waals surface area contributed by atoms with E-state index in [-0.39, 0.29) is 6.04 Å². The number of aliphatic imine (C=N–C) groups is 1. The molecule has 0 aliphatic carbocycles. The van der Waals surface area contributed by atoms with Gasteiger partial charge in [-0.2, -0.15) is 0 Å². The monoisotopic (exact) mass is 192 g/mol. The molecule has 3 heteroatoms. The van der Waals surface area contributed by atoms with Crippen LogP contribution >= 0.6 is 11.3 Å². The van der Waals surface area contributed by atoms with Crippen molar-refractivity contribution >= 4 is 17.7 Å². The molecule has 0 bridgehead atoms. The summed E-state index contributed by atoms with van der Waals surface area (Å²) in [4.78, 5) is 5.71. The van der Waals surface area contributed by atoms with Gasteiger partial charge in [-0.15, -0.1) is 11.3 Å². The second kappa shape index (κ2) is 3.34. The maximum absolute atomic E-state index is 4.36. The fraction of sp³-hybridized carbons (Fsp3) is 0.300. The molecule has 0 saturated carbocycles. The van der Waals surface area contributed by atoms with E-state index in [9.17, 15) is 0 Å². The van der Waals surface area contributed by atoms with Gasteiger partial charge in [0.05, 0.1) is 6.34 Å². The van der Waals surface area contributed by atoms with Gasteiger partial charge in [0.2, 0.25) is 0 Å². The lowest BCUT2D eigenvalue weighted by Gasteiger charge is -2.10. The molecule has 0 amide bonds. The van der Waals surface area contributed by atoms with E-state index in [0.29, 0.717) is 0 Å². The molecule has 1 aliphatic heterocycles. The van der Waals surface area contributed by atoms with Crippen molar-refractivity contribution < 1.29 is 0 Å². The van der Waals surface area contributed by atoms with E-state index in [0.717, 1.165) is 0 Å². The first-order valence-electron chi connectivity index (χ1n) is 4.28. The van der Waals surface area contributed by atoms with Crippen molar-refractivity contribution in [1.29, 1.82) is 0 Å². The Morgan fingerprint density at radius 2 is 2.31 bits per heavy atom. The highest BCUT2D eigenvalue weighted by Crippen LogP contribution is 2.30. The lowest BCUT2D eigenvalue weighted by atomic mass is 10.1. The molecule has 0 saturated heterocycles. The molecule has 2 nitrogen and oxygen atoms in total. The van der Waals surface area contributed by atoms with E-state index in [1.165, 1.54) is 16.0 Å². The van der Waals surface area contributed by atoms with Crippen LogP contribution in [0.15, 0.2) is 22.6 Å². The fourth-order valence-electron chi connectivity index (χ4n) is 1.33. The average Bonchev–Trinajstić information content (AvgIpc) is 2.49. The van der Waals surface area contributed by atoms with Gasteiger partial charge >= 0.3 is 0 Å². The Hall–Kier alpha value is -1.09. The molecule has 13 heavy (non-hydrogen) atoms. The fourth-order valence-corrected chi connectivity index (χ4v) is 2.43. The third-order valence-corrected chi connectivity index (χ3v) is 3.55. The van der Waals surface area contributed by atoms with Crippen LogP contribution in [0.1, 0.15) is 22.0 Å². The normalized spacial score (nSPS) is 20.3. The largest absolute Gasteiger partial charge is 0.353 e. The van der Waals surface area contributed by atoms with Crippen LogP contribution in [0.4, 0.5) is 0 Å². The van der Waals surface area contributed by atoms with E-state index in [1.807, 2.05) is 6.20 Å². The van der Waals surface area contributed by atoms with E-state index in [1.54, 1.807) is 17.7 Å². The molecule has 68 valence electrons.